The number of nitrogens with one attached hydrogen (secondary N) is 1. The molecule has 0 aliphatic rings. The molecule has 0 radical (unpaired) electrons. The van der Waals surface area contributed by atoms with Gasteiger partial charge >= 0.3 is 0 Å². The summed E-state index contributed by atoms with van der Waals surface area (Å²) < 4.78 is 35.4. The molecule has 4 rings (SSSR count). The number of hydrogen-bond acceptors (Lipinski definition) is 7. The third kappa shape index (κ3) is 3.96. The Bertz CT molecular complexity index is 1390. The number of nitrogens with two attached hydrogens (primary N) is 1. The standard InChI is InChI=1S/C22H24N6O3S/c1-22(2,3)28-19-11-14(7-8-17(19)26-21(28)23)15-10-18(20(31-4)25-12-15)27-32(29,30)16-6-5-9-24-13-16/h5-13,27H,1-4H3,(H2,23,26). The smallest absolute Gasteiger partial charge is 0.263 e. The molecule has 3 aromatic heterocycles. The predicted molar refractivity (Wildman–Crippen MR) is 124 cm³/mol. The molecule has 0 spiro atoms. The van der Waals surface area contributed by atoms with Gasteiger partial charge in [0.2, 0.25) is 11.8 Å². The van der Waals surface area contributed by atoms with Gasteiger partial charge < -0.3 is 15.0 Å². The lowest BCUT2D eigenvalue weighted by Crippen LogP contribution is -2.23. The number of sulfonamides is 1. The van der Waals surface area contributed by atoms with E-state index in [9.17, 15) is 8.42 Å². The lowest BCUT2D eigenvalue weighted by molar-refractivity contribution is 0.400. The van der Waals surface area contributed by atoms with Gasteiger partial charge in [0.15, 0.2) is 0 Å². The molecule has 3 N–H and O–H groups in total. The van der Waals surface area contributed by atoms with Crippen molar-refractivity contribution in [3.63, 3.8) is 0 Å². The van der Waals surface area contributed by atoms with Gasteiger partial charge in [-0.15, -0.1) is 0 Å². The van der Waals surface area contributed by atoms with Crippen molar-refractivity contribution in [2.45, 2.75) is 31.2 Å². The maximum absolute atomic E-state index is 12.8. The Morgan fingerprint density at radius 3 is 2.53 bits per heavy atom. The lowest BCUT2D eigenvalue weighted by atomic mass is 10.0. The first-order valence-corrected chi connectivity index (χ1v) is 11.3. The molecule has 166 valence electrons. The molecule has 32 heavy (non-hydrogen) atoms. The number of nitrogens with zero attached hydrogens (tertiary/aromatic N) is 4. The molecular formula is C22H24N6O3S. The summed E-state index contributed by atoms with van der Waals surface area (Å²) >= 11 is 0. The number of rotatable bonds is 5. The van der Waals surface area contributed by atoms with Gasteiger partial charge in [0, 0.05) is 29.7 Å². The third-order valence-electron chi connectivity index (χ3n) is 4.92. The van der Waals surface area contributed by atoms with Gasteiger partial charge in [-0.3, -0.25) is 9.71 Å². The molecule has 1 aromatic carbocycles. The van der Waals surface area contributed by atoms with Crippen LogP contribution in [0.3, 0.4) is 0 Å². The van der Waals surface area contributed by atoms with Crippen LogP contribution in [0.5, 0.6) is 5.88 Å². The van der Waals surface area contributed by atoms with Crippen molar-refractivity contribution in [1.82, 2.24) is 19.5 Å². The van der Waals surface area contributed by atoms with E-state index < -0.39 is 10.0 Å². The first-order chi connectivity index (χ1) is 15.1. The van der Waals surface area contributed by atoms with Gasteiger partial charge in [-0.2, -0.15) is 0 Å². The van der Waals surface area contributed by atoms with Crippen molar-refractivity contribution in [2.24, 2.45) is 0 Å². The summed E-state index contributed by atoms with van der Waals surface area (Å²) in [5, 5.41) is 0. The van der Waals surface area contributed by atoms with E-state index >= 15 is 0 Å². The Kier molecular flexibility index (Phi) is 5.25. The monoisotopic (exact) mass is 452 g/mol. The molecule has 3 heterocycles. The van der Waals surface area contributed by atoms with E-state index in [4.69, 9.17) is 10.5 Å². The summed E-state index contributed by atoms with van der Waals surface area (Å²) in [4.78, 5) is 12.7. The Hall–Kier alpha value is -3.66. The number of fused-ring (bicyclic) bond motifs is 1. The fourth-order valence-electron chi connectivity index (χ4n) is 3.53. The van der Waals surface area contributed by atoms with Crippen molar-refractivity contribution in [3.05, 3.63) is 55.0 Å². The minimum Gasteiger partial charge on any atom is -0.480 e. The molecule has 0 fully saturated rings. The van der Waals surface area contributed by atoms with Gasteiger partial charge in [0.1, 0.15) is 10.6 Å². The van der Waals surface area contributed by atoms with Crippen LogP contribution in [0.2, 0.25) is 0 Å². The number of nitrogen functional groups attached to an aromatic ring is 1. The SMILES string of the molecule is COc1ncc(-c2ccc3nc(N)n(C(C)(C)C)c3c2)cc1NS(=O)(=O)c1cccnc1. The number of pyridine rings is 2. The molecule has 9 nitrogen and oxygen atoms in total. The number of imidazole rings is 1. The van der Waals surface area contributed by atoms with Crippen LogP contribution in [0.4, 0.5) is 11.6 Å². The first-order valence-electron chi connectivity index (χ1n) is 9.86. The van der Waals surface area contributed by atoms with Crippen molar-refractivity contribution >= 4 is 32.7 Å². The number of ether oxygens (including phenoxy) is 1. The van der Waals surface area contributed by atoms with Gasteiger partial charge in [-0.25, -0.2) is 18.4 Å². The van der Waals surface area contributed by atoms with Crippen LogP contribution in [-0.4, -0.2) is 35.0 Å². The van der Waals surface area contributed by atoms with E-state index in [-0.39, 0.29) is 22.0 Å². The molecule has 0 aliphatic carbocycles. The van der Waals surface area contributed by atoms with E-state index in [1.54, 1.807) is 18.3 Å². The van der Waals surface area contributed by atoms with E-state index in [1.165, 1.54) is 25.6 Å². The zero-order chi connectivity index (χ0) is 23.1. The molecule has 0 aliphatic heterocycles. The number of benzene rings is 1. The molecule has 0 bridgehead atoms. The summed E-state index contributed by atoms with van der Waals surface area (Å²) in [6, 6.07) is 10.4. The molecular weight excluding hydrogens is 428 g/mol. The average Bonchev–Trinajstić information content (AvgIpc) is 3.09. The summed E-state index contributed by atoms with van der Waals surface area (Å²) in [5.74, 6) is 0.591. The largest absolute Gasteiger partial charge is 0.480 e. The predicted octanol–water partition coefficient (Wildman–Crippen LogP) is 3.64. The van der Waals surface area contributed by atoms with Gasteiger partial charge in [-0.1, -0.05) is 6.07 Å². The molecule has 0 saturated heterocycles. The zero-order valence-electron chi connectivity index (χ0n) is 18.2. The molecule has 0 amide bonds. The summed E-state index contributed by atoms with van der Waals surface area (Å²) in [7, 11) is -2.43. The normalized spacial score (nSPS) is 12.1. The Labute approximate surface area is 186 Å². The molecule has 0 atom stereocenters. The second-order valence-corrected chi connectivity index (χ2v) is 9.94. The second kappa shape index (κ2) is 7.79. The topological polar surface area (TPSA) is 125 Å². The van der Waals surface area contributed by atoms with E-state index in [2.05, 4.69) is 40.4 Å². The van der Waals surface area contributed by atoms with Crippen molar-refractivity contribution in [1.29, 1.82) is 0 Å². The van der Waals surface area contributed by atoms with Crippen LogP contribution in [0.25, 0.3) is 22.2 Å². The highest BCUT2D eigenvalue weighted by molar-refractivity contribution is 7.92. The average molecular weight is 453 g/mol. The number of methoxy groups -OCH3 is 1. The van der Waals surface area contributed by atoms with Gasteiger partial charge in [0.05, 0.1) is 18.1 Å². The van der Waals surface area contributed by atoms with Gasteiger partial charge in [-0.05, 0) is 56.7 Å². The van der Waals surface area contributed by atoms with Crippen molar-refractivity contribution in [3.8, 4) is 17.0 Å². The third-order valence-corrected chi connectivity index (χ3v) is 6.27. The maximum atomic E-state index is 12.8. The maximum Gasteiger partial charge on any atom is 0.263 e. The highest BCUT2D eigenvalue weighted by Crippen LogP contribution is 2.33. The summed E-state index contributed by atoms with van der Waals surface area (Å²) in [5.41, 5.74) is 9.30. The van der Waals surface area contributed by atoms with Crippen molar-refractivity contribution in [2.75, 3.05) is 17.6 Å². The first kappa shape index (κ1) is 21.6. The zero-order valence-corrected chi connectivity index (χ0v) is 19.0. The Balaban J connectivity index is 1.80. The van der Waals surface area contributed by atoms with Crippen LogP contribution in [0, 0.1) is 0 Å². The summed E-state index contributed by atoms with van der Waals surface area (Å²) in [6.45, 7) is 6.16. The minimum absolute atomic E-state index is 0.0402. The van der Waals surface area contributed by atoms with Crippen LogP contribution in [-0.2, 0) is 15.6 Å². The molecule has 0 unspecified atom stereocenters. The number of hydrogen-bond donors (Lipinski definition) is 2. The number of anilines is 2. The minimum atomic E-state index is -3.87. The summed E-state index contributed by atoms with van der Waals surface area (Å²) in [6.07, 6.45) is 4.41. The fourth-order valence-corrected chi connectivity index (χ4v) is 4.55. The van der Waals surface area contributed by atoms with E-state index in [0.717, 1.165) is 16.6 Å². The highest BCUT2D eigenvalue weighted by atomic mass is 32.2. The van der Waals surface area contributed by atoms with Crippen LogP contribution in [0.1, 0.15) is 20.8 Å². The van der Waals surface area contributed by atoms with Crippen LogP contribution in [0.15, 0.2) is 59.9 Å². The van der Waals surface area contributed by atoms with Crippen LogP contribution >= 0.6 is 0 Å². The Morgan fingerprint density at radius 1 is 1.09 bits per heavy atom. The van der Waals surface area contributed by atoms with Crippen LogP contribution < -0.4 is 15.2 Å². The lowest BCUT2D eigenvalue weighted by Gasteiger charge is -2.23. The quantitative estimate of drug-likeness (QED) is 0.473. The van der Waals surface area contributed by atoms with E-state index in [1.807, 2.05) is 22.8 Å². The highest BCUT2D eigenvalue weighted by Gasteiger charge is 2.21. The molecule has 0 saturated carbocycles. The van der Waals surface area contributed by atoms with Crippen molar-refractivity contribution < 1.29 is 13.2 Å². The number of aromatic nitrogens is 4. The van der Waals surface area contributed by atoms with Gasteiger partial charge in [0.25, 0.3) is 10.0 Å². The molecule has 4 aromatic rings. The second-order valence-electron chi connectivity index (χ2n) is 8.25. The fraction of sp³-hybridized carbons (Fsp3) is 0.227. The Morgan fingerprint density at radius 2 is 1.88 bits per heavy atom. The molecule has 10 heteroatoms. The van der Waals surface area contributed by atoms with E-state index in [0.29, 0.717) is 11.5 Å².